The third-order valence-electron chi connectivity index (χ3n) is 3.83. The predicted molar refractivity (Wildman–Crippen MR) is 85.5 cm³/mol. The normalized spacial score (nSPS) is 17.5. The number of sulfonamides is 1. The van der Waals surface area contributed by atoms with Gasteiger partial charge in [0.25, 0.3) is 0 Å². The second-order valence-corrected chi connectivity index (χ2v) is 7.35. The van der Waals surface area contributed by atoms with E-state index in [0.29, 0.717) is 12.1 Å². The number of nitrogens with one attached hydrogen (secondary N) is 3. The van der Waals surface area contributed by atoms with Crippen LogP contribution in [0.2, 0.25) is 0 Å². The number of aromatic amines is 1. The monoisotopic (exact) mass is 334 g/mol. The Morgan fingerprint density at radius 1 is 1.30 bits per heavy atom. The minimum atomic E-state index is -3.59. The van der Waals surface area contributed by atoms with E-state index in [1.165, 1.54) is 19.1 Å². The van der Waals surface area contributed by atoms with E-state index in [-0.39, 0.29) is 16.8 Å². The van der Waals surface area contributed by atoms with Gasteiger partial charge in [0.15, 0.2) is 0 Å². The van der Waals surface area contributed by atoms with E-state index in [1.54, 1.807) is 18.3 Å². The van der Waals surface area contributed by atoms with Gasteiger partial charge >= 0.3 is 0 Å². The fourth-order valence-electron chi connectivity index (χ4n) is 2.72. The summed E-state index contributed by atoms with van der Waals surface area (Å²) >= 11 is 0. The molecule has 0 aliphatic heterocycles. The second-order valence-electron chi connectivity index (χ2n) is 5.64. The van der Waals surface area contributed by atoms with Crippen molar-refractivity contribution in [1.29, 1.82) is 0 Å². The summed E-state index contributed by atoms with van der Waals surface area (Å²) in [5.41, 5.74) is 2.71. The Labute approximate surface area is 134 Å². The molecule has 0 spiro atoms. The van der Waals surface area contributed by atoms with Crippen molar-refractivity contribution in [3.8, 4) is 0 Å². The van der Waals surface area contributed by atoms with Gasteiger partial charge in [-0.15, -0.1) is 0 Å². The van der Waals surface area contributed by atoms with E-state index >= 15 is 0 Å². The van der Waals surface area contributed by atoms with Crippen LogP contribution in [-0.2, 0) is 27.7 Å². The quantitative estimate of drug-likeness (QED) is 0.781. The van der Waals surface area contributed by atoms with Crippen molar-refractivity contribution >= 4 is 21.6 Å². The molecule has 8 heteroatoms. The Hall–Kier alpha value is -2.19. The van der Waals surface area contributed by atoms with Gasteiger partial charge in [-0.25, -0.2) is 13.1 Å². The van der Waals surface area contributed by atoms with Crippen molar-refractivity contribution in [3.05, 3.63) is 41.7 Å². The Balaban J connectivity index is 1.71. The molecule has 0 saturated heterocycles. The maximum atomic E-state index is 12.5. The molecule has 2 aromatic rings. The van der Waals surface area contributed by atoms with E-state index in [9.17, 15) is 13.2 Å². The molecule has 122 valence electrons. The molecule has 0 saturated carbocycles. The molecule has 1 amide bonds. The van der Waals surface area contributed by atoms with Gasteiger partial charge in [0, 0.05) is 30.8 Å². The van der Waals surface area contributed by atoms with Crippen molar-refractivity contribution in [1.82, 2.24) is 14.9 Å². The zero-order valence-electron chi connectivity index (χ0n) is 12.7. The number of benzene rings is 1. The highest BCUT2D eigenvalue weighted by atomic mass is 32.2. The van der Waals surface area contributed by atoms with Crippen LogP contribution < -0.4 is 10.0 Å². The lowest BCUT2D eigenvalue weighted by Gasteiger charge is -2.22. The van der Waals surface area contributed by atoms with Crippen molar-refractivity contribution in [2.24, 2.45) is 0 Å². The average Bonchev–Trinajstić information content (AvgIpc) is 2.94. The Morgan fingerprint density at radius 2 is 2.04 bits per heavy atom. The molecule has 3 N–H and O–H groups in total. The van der Waals surface area contributed by atoms with Gasteiger partial charge in [0.1, 0.15) is 0 Å². The fraction of sp³-hybridized carbons (Fsp3) is 0.333. The Bertz CT molecular complexity index is 812. The van der Waals surface area contributed by atoms with E-state index < -0.39 is 10.0 Å². The van der Waals surface area contributed by atoms with Crippen LogP contribution in [0.15, 0.2) is 35.4 Å². The predicted octanol–water partition coefficient (Wildman–Crippen LogP) is 1.20. The summed E-state index contributed by atoms with van der Waals surface area (Å²) in [5, 5.41) is 9.51. The van der Waals surface area contributed by atoms with Gasteiger partial charge in [0.2, 0.25) is 15.9 Å². The second kappa shape index (κ2) is 6.13. The molecule has 1 unspecified atom stereocenters. The molecule has 0 fully saturated rings. The summed E-state index contributed by atoms with van der Waals surface area (Å²) in [7, 11) is -3.59. The lowest BCUT2D eigenvalue weighted by atomic mass is 9.95. The van der Waals surface area contributed by atoms with Gasteiger partial charge in [-0.2, -0.15) is 5.10 Å². The van der Waals surface area contributed by atoms with Crippen LogP contribution in [-0.4, -0.2) is 30.6 Å². The van der Waals surface area contributed by atoms with Crippen LogP contribution in [0.1, 0.15) is 24.6 Å². The molecular formula is C15H18N4O3S. The topological polar surface area (TPSA) is 104 Å². The number of aryl methyl sites for hydroxylation is 1. The van der Waals surface area contributed by atoms with E-state index in [0.717, 1.165) is 24.1 Å². The summed E-state index contributed by atoms with van der Waals surface area (Å²) in [6, 6.07) is 5.96. The number of aromatic nitrogens is 2. The summed E-state index contributed by atoms with van der Waals surface area (Å²) in [4.78, 5) is 11.2. The van der Waals surface area contributed by atoms with Crippen LogP contribution >= 0.6 is 0 Å². The van der Waals surface area contributed by atoms with Crippen LogP contribution in [0.3, 0.4) is 0 Å². The number of hydrogen-bond donors (Lipinski definition) is 3. The molecule has 3 rings (SSSR count). The molecule has 1 aromatic carbocycles. The van der Waals surface area contributed by atoms with Crippen LogP contribution in [0.4, 0.5) is 5.69 Å². The number of carbonyl (C=O) groups excluding carboxylic acids is 1. The number of anilines is 1. The molecule has 23 heavy (non-hydrogen) atoms. The Kier molecular flexibility index (Phi) is 4.18. The molecule has 7 nitrogen and oxygen atoms in total. The first-order valence-electron chi connectivity index (χ1n) is 7.35. The van der Waals surface area contributed by atoms with Crippen molar-refractivity contribution in [2.75, 3.05) is 5.32 Å². The van der Waals surface area contributed by atoms with Gasteiger partial charge in [-0.1, -0.05) is 0 Å². The molecule has 0 bridgehead atoms. The van der Waals surface area contributed by atoms with Gasteiger partial charge in [0.05, 0.1) is 11.1 Å². The van der Waals surface area contributed by atoms with Crippen LogP contribution in [0.25, 0.3) is 0 Å². The number of carbonyl (C=O) groups is 1. The van der Waals surface area contributed by atoms with E-state index in [1.807, 2.05) is 0 Å². The standard InChI is InChI=1S/C15H18N4O3S/c1-10(20)17-12-4-6-14(7-5-12)23(21,22)19-13-3-2-11-9-16-18-15(11)8-13/h4-7,9,13,19H,2-3,8H2,1H3,(H,16,18)(H,17,20). The number of nitrogens with zero attached hydrogens (tertiary/aromatic N) is 1. The number of rotatable bonds is 4. The lowest BCUT2D eigenvalue weighted by Crippen LogP contribution is -2.38. The summed E-state index contributed by atoms with van der Waals surface area (Å²) in [5.74, 6) is -0.198. The summed E-state index contributed by atoms with van der Waals surface area (Å²) in [6.07, 6.45) is 3.95. The highest BCUT2D eigenvalue weighted by Gasteiger charge is 2.25. The van der Waals surface area contributed by atoms with Gasteiger partial charge in [-0.3, -0.25) is 9.89 Å². The van der Waals surface area contributed by atoms with Crippen molar-refractivity contribution < 1.29 is 13.2 Å². The SMILES string of the molecule is CC(=O)Nc1ccc(S(=O)(=O)NC2CCc3cn[nH]c3C2)cc1. The highest BCUT2D eigenvalue weighted by molar-refractivity contribution is 7.89. The molecule has 1 aromatic heterocycles. The highest BCUT2D eigenvalue weighted by Crippen LogP contribution is 2.21. The molecule has 1 aliphatic rings. The summed E-state index contributed by atoms with van der Waals surface area (Å²) in [6.45, 7) is 1.40. The minimum Gasteiger partial charge on any atom is -0.326 e. The summed E-state index contributed by atoms with van der Waals surface area (Å²) < 4.78 is 27.7. The van der Waals surface area contributed by atoms with Crippen LogP contribution in [0.5, 0.6) is 0 Å². The Morgan fingerprint density at radius 3 is 2.74 bits per heavy atom. The first-order chi connectivity index (χ1) is 10.9. The smallest absolute Gasteiger partial charge is 0.240 e. The minimum absolute atomic E-state index is 0.150. The molecule has 1 atom stereocenters. The van der Waals surface area contributed by atoms with Crippen LogP contribution in [0, 0.1) is 0 Å². The zero-order chi connectivity index (χ0) is 16.4. The number of fused-ring (bicyclic) bond motifs is 1. The van der Waals surface area contributed by atoms with Crippen molar-refractivity contribution in [3.63, 3.8) is 0 Å². The third kappa shape index (κ3) is 3.59. The van der Waals surface area contributed by atoms with Crippen molar-refractivity contribution in [2.45, 2.75) is 37.1 Å². The maximum absolute atomic E-state index is 12.5. The third-order valence-corrected chi connectivity index (χ3v) is 5.36. The zero-order valence-corrected chi connectivity index (χ0v) is 13.5. The molecule has 1 heterocycles. The van der Waals surface area contributed by atoms with Gasteiger partial charge < -0.3 is 5.32 Å². The molecular weight excluding hydrogens is 316 g/mol. The maximum Gasteiger partial charge on any atom is 0.240 e. The van der Waals surface area contributed by atoms with Gasteiger partial charge in [-0.05, 0) is 42.7 Å². The first-order valence-corrected chi connectivity index (χ1v) is 8.83. The lowest BCUT2D eigenvalue weighted by molar-refractivity contribution is -0.114. The largest absolute Gasteiger partial charge is 0.326 e. The number of H-pyrrole nitrogens is 1. The number of amides is 1. The molecule has 0 radical (unpaired) electrons. The first kappa shape index (κ1) is 15.7. The fourth-order valence-corrected chi connectivity index (χ4v) is 3.99. The van der Waals surface area contributed by atoms with E-state index in [2.05, 4.69) is 20.2 Å². The average molecular weight is 334 g/mol. The van der Waals surface area contributed by atoms with E-state index in [4.69, 9.17) is 0 Å². The number of hydrogen-bond acceptors (Lipinski definition) is 4. The molecule has 1 aliphatic carbocycles.